The SMILES string of the molecule is CCCCc1ccc(NC2=Nc3ccccc3N3C2=Nc2c(c(C)nn2-c2ccccn2)[C@@H]3c2ccccc2OC)cc1. The Morgan fingerprint density at radius 1 is 0.884 bits per heavy atom. The van der Waals surface area contributed by atoms with Crippen molar-refractivity contribution in [2.45, 2.75) is 39.2 Å². The third-order valence-electron chi connectivity index (χ3n) is 7.97. The maximum atomic E-state index is 5.92. The number of rotatable bonds is 7. The van der Waals surface area contributed by atoms with E-state index in [0.717, 1.165) is 51.9 Å². The number of aryl methyl sites for hydroxylation is 2. The standard InChI is InChI=1S/C35H33N7O/c1-4-5-12-24-18-20-25(21-19-24)37-33-35-39-34-31(23(2)40-42(34)30-17-10-11-22-36-30)32(26-13-6-9-16-29(26)43-3)41(35)28-15-8-7-14-27(28)38-33/h6-11,13-22,32H,4-5,12H2,1-3H3,(H,37,38)/t32-/m0/s1. The van der Waals surface area contributed by atoms with Crippen LogP contribution in [0.4, 0.5) is 22.9 Å². The number of methoxy groups -OCH3 is 1. The number of ether oxygens (including phenoxy) is 1. The van der Waals surface area contributed by atoms with Crippen LogP contribution in [0.1, 0.15) is 48.2 Å². The zero-order valence-electron chi connectivity index (χ0n) is 24.5. The molecule has 0 aliphatic carbocycles. The summed E-state index contributed by atoms with van der Waals surface area (Å²) >= 11 is 0. The van der Waals surface area contributed by atoms with Gasteiger partial charge in [-0.3, -0.25) is 0 Å². The number of aromatic nitrogens is 3. The molecule has 1 atom stereocenters. The first-order chi connectivity index (χ1) is 21.2. The normalized spacial score (nSPS) is 15.1. The van der Waals surface area contributed by atoms with E-state index < -0.39 is 0 Å². The molecular weight excluding hydrogens is 534 g/mol. The molecule has 3 aromatic carbocycles. The first-order valence-corrected chi connectivity index (χ1v) is 14.7. The molecular formula is C35H33N7O. The van der Waals surface area contributed by atoms with E-state index in [-0.39, 0.29) is 6.04 Å². The van der Waals surface area contributed by atoms with Crippen LogP contribution in [0.25, 0.3) is 5.82 Å². The number of anilines is 2. The summed E-state index contributed by atoms with van der Waals surface area (Å²) in [5.74, 6) is 3.59. The highest BCUT2D eigenvalue weighted by molar-refractivity contribution is 6.51. The van der Waals surface area contributed by atoms with Gasteiger partial charge in [-0.1, -0.05) is 61.9 Å². The second-order valence-electron chi connectivity index (χ2n) is 10.7. The van der Waals surface area contributed by atoms with Crippen molar-refractivity contribution < 1.29 is 4.74 Å². The van der Waals surface area contributed by atoms with Crippen LogP contribution in [0.3, 0.4) is 0 Å². The lowest BCUT2D eigenvalue weighted by Gasteiger charge is -2.40. The number of hydrogen-bond donors (Lipinski definition) is 1. The number of nitrogens with one attached hydrogen (secondary N) is 1. The smallest absolute Gasteiger partial charge is 0.179 e. The van der Waals surface area contributed by atoms with Gasteiger partial charge in [0.2, 0.25) is 0 Å². The molecule has 0 radical (unpaired) electrons. The minimum absolute atomic E-state index is 0.277. The van der Waals surface area contributed by atoms with E-state index >= 15 is 0 Å². The van der Waals surface area contributed by atoms with Gasteiger partial charge < -0.3 is 15.0 Å². The van der Waals surface area contributed by atoms with Gasteiger partial charge in [0.25, 0.3) is 0 Å². The minimum atomic E-state index is -0.277. The highest BCUT2D eigenvalue weighted by Crippen LogP contribution is 2.49. The summed E-state index contributed by atoms with van der Waals surface area (Å²) in [5, 5.41) is 8.57. The van der Waals surface area contributed by atoms with E-state index in [1.807, 2.05) is 66.2 Å². The summed E-state index contributed by atoms with van der Waals surface area (Å²) in [4.78, 5) is 17.3. The molecule has 214 valence electrons. The Morgan fingerprint density at radius 3 is 2.47 bits per heavy atom. The Balaban J connectivity index is 1.43. The predicted molar refractivity (Wildman–Crippen MR) is 173 cm³/mol. The summed E-state index contributed by atoms with van der Waals surface area (Å²) < 4.78 is 7.75. The molecule has 2 aliphatic heterocycles. The number of pyridine rings is 1. The zero-order valence-corrected chi connectivity index (χ0v) is 24.5. The third kappa shape index (κ3) is 4.74. The molecule has 0 saturated carbocycles. The Hall–Kier alpha value is -5.24. The van der Waals surface area contributed by atoms with E-state index in [4.69, 9.17) is 19.8 Å². The number of para-hydroxylation sites is 3. The molecule has 0 saturated heterocycles. The summed E-state index contributed by atoms with van der Waals surface area (Å²) in [6.07, 6.45) is 5.20. The number of amidine groups is 2. The summed E-state index contributed by atoms with van der Waals surface area (Å²) in [7, 11) is 1.71. The van der Waals surface area contributed by atoms with Crippen molar-refractivity contribution in [2.75, 3.05) is 17.3 Å². The molecule has 0 amide bonds. The van der Waals surface area contributed by atoms with Crippen LogP contribution in [0.5, 0.6) is 5.75 Å². The average molecular weight is 568 g/mol. The largest absolute Gasteiger partial charge is 0.496 e. The molecule has 8 heteroatoms. The molecule has 5 aromatic rings. The number of unbranched alkanes of at least 4 members (excludes halogenated alkanes) is 1. The number of aliphatic imine (C=N–C) groups is 2. The molecule has 0 spiro atoms. The lowest BCUT2D eigenvalue weighted by molar-refractivity contribution is 0.407. The maximum absolute atomic E-state index is 5.92. The van der Waals surface area contributed by atoms with Crippen LogP contribution < -0.4 is 15.0 Å². The molecule has 4 heterocycles. The molecule has 8 nitrogen and oxygen atoms in total. The Labute approximate surface area is 251 Å². The van der Waals surface area contributed by atoms with Gasteiger partial charge in [0.1, 0.15) is 5.75 Å². The monoisotopic (exact) mass is 567 g/mol. The first kappa shape index (κ1) is 26.6. The van der Waals surface area contributed by atoms with E-state index in [0.29, 0.717) is 17.5 Å². The fourth-order valence-electron chi connectivity index (χ4n) is 5.90. The summed E-state index contributed by atoms with van der Waals surface area (Å²) in [5.41, 5.74) is 6.99. The number of benzene rings is 3. The van der Waals surface area contributed by atoms with Crippen molar-refractivity contribution in [1.29, 1.82) is 0 Å². The molecule has 1 N–H and O–H groups in total. The molecule has 43 heavy (non-hydrogen) atoms. The van der Waals surface area contributed by atoms with Gasteiger partial charge >= 0.3 is 0 Å². The fraction of sp³-hybridized carbons (Fsp3) is 0.200. The van der Waals surface area contributed by atoms with Gasteiger partial charge in [-0.05, 0) is 67.8 Å². The molecule has 7 rings (SSSR count). The molecule has 0 bridgehead atoms. The van der Waals surface area contributed by atoms with Crippen LogP contribution in [0, 0.1) is 6.92 Å². The van der Waals surface area contributed by atoms with Crippen molar-refractivity contribution in [3.63, 3.8) is 0 Å². The van der Waals surface area contributed by atoms with Crippen LogP contribution in [0.15, 0.2) is 107 Å². The summed E-state index contributed by atoms with van der Waals surface area (Å²) in [6.45, 7) is 4.25. The van der Waals surface area contributed by atoms with Crippen molar-refractivity contribution >= 4 is 34.6 Å². The number of fused-ring (bicyclic) bond motifs is 4. The minimum Gasteiger partial charge on any atom is -0.496 e. The van der Waals surface area contributed by atoms with Crippen LogP contribution in [0.2, 0.25) is 0 Å². The van der Waals surface area contributed by atoms with Crippen molar-refractivity contribution in [1.82, 2.24) is 14.8 Å². The molecule has 0 unspecified atom stereocenters. The lowest BCUT2D eigenvalue weighted by atomic mass is 9.92. The first-order valence-electron chi connectivity index (χ1n) is 14.7. The Bertz CT molecular complexity index is 1840. The maximum Gasteiger partial charge on any atom is 0.179 e. The highest BCUT2D eigenvalue weighted by atomic mass is 16.5. The van der Waals surface area contributed by atoms with Crippen molar-refractivity contribution in [3.8, 4) is 11.6 Å². The second-order valence-corrected chi connectivity index (χ2v) is 10.7. The number of nitrogens with zero attached hydrogens (tertiary/aromatic N) is 6. The summed E-state index contributed by atoms with van der Waals surface area (Å²) in [6, 6.07) is 30.5. The second kappa shape index (κ2) is 11.2. The van der Waals surface area contributed by atoms with E-state index in [1.54, 1.807) is 13.3 Å². The topological polar surface area (TPSA) is 79.9 Å². The van der Waals surface area contributed by atoms with E-state index in [9.17, 15) is 0 Å². The lowest BCUT2D eigenvalue weighted by Crippen LogP contribution is -2.46. The zero-order chi connectivity index (χ0) is 29.3. The number of hydrogen-bond acceptors (Lipinski definition) is 7. The quantitative estimate of drug-likeness (QED) is 0.218. The van der Waals surface area contributed by atoms with Gasteiger partial charge in [0.15, 0.2) is 23.3 Å². The van der Waals surface area contributed by atoms with Gasteiger partial charge in [-0.25, -0.2) is 15.0 Å². The van der Waals surface area contributed by atoms with Crippen LogP contribution in [-0.2, 0) is 6.42 Å². The van der Waals surface area contributed by atoms with E-state index in [2.05, 4.69) is 58.5 Å². The van der Waals surface area contributed by atoms with Crippen molar-refractivity contribution in [3.05, 3.63) is 120 Å². The van der Waals surface area contributed by atoms with E-state index in [1.165, 1.54) is 18.4 Å². The molecule has 2 aromatic heterocycles. The molecule has 2 aliphatic rings. The van der Waals surface area contributed by atoms with Crippen LogP contribution in [-0.4, -0.2) is 33.5 Å². The third-order valence-corrected chi connectivity index (χ3v) is 7.97. The Kier molecular flexibility index (Phi) is 6.95. The van der Waals surface area contributed by atoms with Crippen molar-refractivity contribution in [2.24, 2.45) is 9.98 Å². The predicted octanol–water partition coefficient (Wildman–Crippen LogP) is 7.72. The van der Waals surface area contributed by atoms with Gasteiger partial charge in [-0.2, -0.15) is 9.78 Å². The average Bonchev–Trinajstić information content (AvgIpc) is 3.39. The fourth-order valence-corrected chi connectivity index (χ4v) is 5.90. The highest BCUT2D eigenvalue weighted by Gasteiger charge is 2.42. The van der Waals surface area contributed by atoms with Gasteiger partial charge in [0.05, 0.1) is 30.2 Å². The Morgan fingerprint density at radius 2 is 1.67 bits per heavy atom. The van der Waals surface area contributed by atoms with Gasteiger partial charge in [0, 0.05) is 23.0 Å². The van der Waals surface area contributed by atoms with Gasteiger partial charge in [-0.15, -0.1) is 0 Å². The van der Waals surface area contributed by atoms with Crippen LogP contribution >= 0.6 is 0 Å². The molecule has 0 fully saturated rings.